The molecule has 0 unspecified atom stereocenters. The van der Waals surface area contributed by atoms with Crippen molar-refractivity contribution < 1.29 is 17.9 Å². The smallest absolute Gasteiger partial charge is 0.376 e. The molecule has 2 aromatic heterocycles. The molecule has 114 valence electrons. The molecule has 1 aliphatic rings. The van der Waals surface area contributed by atoms with Gasteiger partial charge < -0.3 is 10.1 Å². The van der Waals surface area contributed by atoms with Crippen molar-refractivity contribution in [3.63, 3.8) is 0 Å². The molecular weight excluding hydrogens is 287 g/mol. The van der Waals surface area contributed by atoms with Gasteiger partial charge in [-0.3, -0.25) is 0 Å². The number of fused-ring (bicyclic) bond motifs is 1. The van der Waals surface area contributed by atoms with E-state index in [1.807, 2.05) is 6.92 Å². The van der Waals surface area contributed by atoms with Gasteiger partial charge in [0, 0.05) is 6.61 Å². The number of aromatic nitrogens is 4. The summed E-state index contributed by atoms with van der Waals surface area (Å²) >= 11 is 0. The van der Waals surface area contributed by atoms with E-state index < -0.39 is 12.0 Å². The highest BCUT2D eigenvalue weighted by Crippen LogP contribution is 2.27. The molecule has 1 aliphatic heterocycles. The predicted octanol–water partition coefficient (Wildman–Crippen LogP) is 2.12. The summed E-state index contributed by atoms with van der Waals surface area (Å²) in [4.78, 5) is 0. The van der Waals surface area contributed by atoms with E-state index in [9.17, 15) is 13.2 Å². The van der Waals surface area contributed by atoms with Crippen molar-refractivity contribution in [2.24, 2.45) is 0 Å². The Morgan fingerprint density at radius 3 is 2.86 bits per heavy atom. The third-order valence-electron chi connectivity index (χ3n) is 3.41. The van der Waals surface area contributed by atoms with Crippen LogP contribution in [0.15, 0.2) is 12.1 Å². The van der Waals surface area contributed by atoms with Crippen LogP contribution in [0.3, 0.4) is 0 Å². The summed E-state index contributed by atoms with van der Waals surface area (Å²) in [6.07, 6.45) is -2.62. The fourth-order valence-corrected chi connectivity index (χ4v) is 2.37. The summed E-state index contributed by atoms with van der Waals surface area (Å²) in [6, 6.07) is 2.98. The topological polar surface area (TPSA) is 64.3 Å². The zero-order valence-electron chi connectivity index (χ0n) is 11.3. The number of nitrogens with zero attached hydrogens (tertiary/aromatic N) is 4. The van der Waals surface area contributed by atoms with E-state index >= 15 is 0 Å². The molecule has 2 atom stereocenters. The van der Waals surface area contributed by atoms with Crippen LogP contribution in [-0.2, 0) is 10.9 Å². The van der Waals surface area contributed by atoms with E-state index in [2.05, 4.69) is 20.6 Å². The molecule has 0 saturated carbocycles. The van der Waals surface area contributed by atoms with E-state index in [1.54, 1.807) is 6.07 Å². The number of halogens is 3. The van der Waals surface area contributed by atoms with Crippen LogP contribution in [-0.4, -0.2) is 38.6 Å². The largest absolute Gasteiger partial charge is 0.453 e. The van der Waals surface area contributed by atoms with Crippen LogP contribution in [0.4, 0.5) is 19.0 Å². The van der Waals surface area contributed by atoms with Crippen molar-refractivity contribution in [3.05, 3.63) is 18.0 Å². The summed E-state index contributed by atoms with van der Waals surface area (Å²) in [5.41, 5.74) is 0.0534. The van der Waals surface area contributed by atoms with Gasteiger partial charge in [0.15, 0.2) is 5.65 Å². The van der Waals surface area contributed by atoms with Crippen molar-refractivity contribution in [1.82, 2.24) is 19.8 Å². The van der Waals surface area contributed by atoms with E-state index in [1.165, 1.54) is 6.07 Å². The Morgan fingerprint density at radius 1 is 1.38 bits per heavy atom. The van der Waals surface area contributed by atoms with Crippen LogP contribution in [0.1, 0.15) is 25.6 Å². The second-order valence-corrected chi connectivity index (χ2v) is 4.99. The molecular formula is C12H14F3N5O. The third kappa shape index (κ3) is 2.78. The number of hydrogen-bond donors (Lipinski definition) is 1. The van der Waals surface area contributed by atoms with Crippen molar-refractivity contribution >= 4 is 11.5 Å². The highest BCUT2D eigenvalue weighted by atomic mass is 19.4. The minimum absolute atomic E-state index is 0.0386. The van der Waals surface area contributed by atoms with E-state index in [0.717, 1.165) is 12.8 Å². The lowest BCUT2D eigenvalue weighted by Gasteiger charge is -2.20. The fraction of sp³-hybridized carbons (Fsp3) is 0.583. The van der Waals surface area contributed by atoms with Crippen LogP contribution in [0.2, 0.25) is 0 Å². The average Bonchev–Trinajstić information content (AvgIpc) is 3.06. The molecule has 1 N–H and O–H groups in total. The first-order valence-electron chi connectivity index (χ1n) is 6.63. The molecule has 2 aromatic rings. The lowest BCUT2D eigenvalue weighted by atomic mass is 10.1. The van der Waals surface area contributed by atoms with E-state index in [4.69, 9.17) is 4.74 Å². The number of anilines is 1. The first-order chi connectivity index (χ1) is 9.95. The maximum Gasteiger partial charge on any atom is 0.453 e. The zero-order chi connectivity index (χ0) is 15.0. The highest BCUT2D eigenvalue weighted by molar-refractivity contribution is 5.44. The van der Waals surface area contributed by atoms with Crippen molar-refractivity contribution in [2.45, 2.75) is 38.1 Å². The van der Waals surface area contributed by atoms with E-state index in [-0.39, 0.29) is 17.8 Å². The van der Waals surface area contributed by atoms with Gasteiger partial charge in [0.2, 0.25) is 0 Å². The molecule has 1 fully saturated rings. The summed E-state index contributed by atoms with van der Waals surface area (Å²) in [5.74, 6) is -0.804. The molecule has 0 amide bonds. The Bertz CT molecular complexity index is 635. The number of nitrogens with one attached hydrogen (secondary N) is 1. The molecule has 3 rings (SSSR count). The summed E-state index contributed by atoms with van der Waals surface area (Å²) in [6.45, 7) is 2.63. The van der Waals surface area contributed by atoms with Gasteiger partial charge in [0.25, 0.3) is 5.82 Å². The average molecular weight is 301 g/mol. The van der Waals surface area contributed by atoms with Crippen molar-refractivity contribution in [3.8, 4) is 0 Å². The lowest BCUT2D eigenvalue weighted by Crippen LogP contribution is -2.30. The molecule has 0 spiro atoms. The standard InChI is InChI=1S/C12H14F3N5O/c1-7(8-3-2-6-21-8)16-9-4-5-10-17-18-11(12(13,14)15)20(10)19-9/h4-5,7-8H,2-3,6H2,1H3,(H,16,19)/t7-,8-/m1/s1. The lowest BCUT2D eigenvalue weighted by molar-refractivity contribution is -0.146. The second kappa shape index (κ2) is 5.14. The van der Waals surface area contributed by atoms with Gasteiger partial charge in [0.1, 0.15) is 5.82 Å². The molecule has 9 heteroatoms. The molecule has 0 bridgehead atoms. The van der Waals surface area contributed by atoms with Gasteiger partial charge in [-0.05, 0) is 31.9 Å². The maximum absolute atomic E-state index is 12.8. The van der Waals surface area contributed by atoms with Gasteiger partial charge in [-0.25, -0.2) is 0 Å². The molecule has 0 radical (unpaired) electrons. The molecule has 6 nitrogen and oxygen atoms in total. The van der Waals surface area contributed by atoms with Gasteiger partial charge in [0.05, 0.1) is 12.1 Å². The Morgan fingerprint density at radius 2 is 2.19 bits per heavy atom. The minimum Gasteiger partial charge on any atom is -0.376 e. The molecule has 1 saturated heterocycles. The summed E-state index contributed by atoms with van der Waals surface area (Å²) in [5, 5.41) is 13.6. The normalized spacial score (nSPS) is 20.9. The Labute approximate surface area is 118 Å². The Kier molecular flexibility index (Phi) is 3.44. The van der Waals surface area contributed by atoms with Crippen LogP contribution in [0.25, 0.3) is 5.65 Å². The molecule has 0 aliphatic carbocycles. The third-order valence-corrected chi connectivity index (χ3v) is 3.41. The van der Waals surface area contributed by atoms with Gasteiger partial charge in [-0.1, -0.05) is 0 Å². The van der Waals surface area contributed by atoms with Crippen LogP contribution < -0.4 is 5.32 Å². The van der Waals surface area contributed by atoms with Gasteiger partial charge >= 0.3 is 6.18 Å². The van der Waals surface area contributed by atoms with Crippen LogP contribution in [0, 0.1) is 0 Å². The van der Waals surface area contributed by atoms with Crippen molar-refractivity contribution in [1.29, 1.82) is 0 Å². The van der Waals surface area contributed by atoms with Crippen LogP contribution in [0.5, 0.6) is 0 Å². The quantitative estimate of drug-likeness (QED) is 0.941. The molecule has 3 heterocycles. The number of rotatable bonds is 3. The van der Waals surface area contributed by atoms with Gasteiger partial charge in [-0.2, -0.15) is 17.7 Å². The van der Waals surface area contributed by atoms with Gasteiger partial charge in [-0.15, -0.1) is 15.3 Å². The monoisotopic (exact) mass is 301 g/mol. The number of ether oxygens (including phenoxy) is 1. The SMILES string of the molecule is C[C@@H](Nc1ccc2nnc(C(F)(F)F)n2n1)[C@H]1CCCO1. The predicted molar refractivity (Wildman–Crippen MR) is 67.8 cm³/mol. The van der Waals surface area contributed by atoms with Crippen molar-refractivity contribution in [2.75, 3.05) is 11.9 Å². The van der Waals surface area contributed by atoms with Crippen LogP contribution >= 0.6 is 0 Å². The first kappa shape index (κ1) is 14.1. The minimum atomic E-state index is -4.59. The Balaban J connectivity index is 1.86. The molecule has 21 heavy (non-hydrogen) atoms. The first-order valence-corrected chi connectivity index (χ1v) is 6.63. The highest BCUT2D eigenvalue weighted by Gasteiger charge is 2.37. The summed E-state index contributed by atoms with van der Waals surface area (Å²) in [7, 11) is 0. The second-order valence-electron chi connectivity index (χ2n) is 4.99. The fourth-order valence-electron chi connectivity index (χ4n) is 2.37. The maximum atomic E-state index is 12.8. The zero-order valence-corrected chi connectivity index (χ0v) is 11.3. The number of hydrogen-bond acceptors (Lipinski definition) is 5. The molecule has 0 aromatic carbocycles. The Hall–Kier alpha value is -1.90. The number of alkyl halides is 3. The van der Waals surface area contributed by atoms with E-state index in [0.29, 0.717) is 16.9 Å². The summed E-state index contributed by atoms with van der Waals surface area (Å²) < 4.78 is 44.6.